The third kappa shape index (κ3) is 1.81. The normalized spacial score (nSPS) is 10.3. The Morgan fingerprint density at radius 2 is 2.07 bits per heavy atom. The second-order valence-electron chi connectivity index (χ2n) is 3.53. The smallest absolute Gasteiger partial charge is 0.144 e. The number of methoxy groups -OCH3 is 1. The fourth-order valence-corrected chi connectivity index (χ4v) is 1.56. The summed E-state index contributed by atoms with van der Waals surface area (Å²) in [5.74, 6) is 0.783. The Morgan fingerprint density at radius 3 is 2.67 bits per heavy atom. The molecule has 0 radical (unpaired) electrons. The van der Waals surface area contributed by atoms with Gasteiger partial charge in [-0.1, -0.05) is 0 Å². The molecule has 0 aliphatic heterocycles. The number of anilines is 1. The molecule has 0 aliphatic rings. The van der Waals surface area contributed by atoms with Crippen LogP contribution >= 0.6 is 0 Å². The van der Waals surface area contributed by atoms with E-state index in [0.717, 1.165) is 11.4 Å². The lowest BCUT2D eigenvalue weighted by Gasteiger charge is -2.09. The van der Waals surface area contributed by atoms with E-state index in [1.807, 2.05) is 35.2 Å². The van der Waals surface area contributed by atoms with Crippen LogP contribution in [-0.4, -0.2) is 11.7 Å². The van der Waals surface area contributed by atoms with Gasteiger partial charge >= 0.3 is 0 Å². The first-order valence-electron chi connectivity index (χ1n) is 4.79. The van der Waals surface area contributed by atoms with E-state index in [1.54, 1.807) is 7.11 Å². The number of nitrogens with zero attached hydrogens (tertiary/aromatic N) is 1. The zero-order valence-corrected chi connectivity index (χ0v) is 8.90. The van der Waals surface area contributed by atoms with E-state index in [-0.39, 0.29) is 0 Å². The number of nitrogens with two attached hydrogens (primary N) is 1. The van der Waals surface area contributed by atoms with E-state index in [1.165, 1.54) is 5.56 Å². The summed E-state index contributed by atoms with van der Waals surface area (Å²) in [6.45, 7) is 2.06. The molecule has 3 nitrogen and oxygen atoms in total. The predicted octanol–water partition coefficient (Wildman–Crippen LogP) is 2.38. The highest BCUT2D eigenvalue weighted by Crippen LogP contribution is 2.25. The van der Waals surface area contributed by atoms with Gasteiger partial charge in [0.1, 0.15) is 5.75 Å². The molecule has 1 aromatic heterocycles. The Hall–Kier alpha value is -1.90. The van der Waals surface area contributed by atoms with E-state index in [4.69, 9.17) is 10.5 Å². The molecule has 0 fully saturated rings. The fraction of sp³-hybridized carbons (Fsp3) is 0.167. The van der Waals surface area contributed by atoms with Crippen molar-refractivity contribution >= 4 is 5.69 Å². The van der Waals surface area contributed by atoms with E-state index in [9.17, 15) is 0 Å². The van der Waals surface area contributed by atoms with Gasteiger partial charge in [0.15, 0.2) is 0 Å². The van der Waals surface area contributed by atoms with Gasteiger partial charge in [-0.25, -0.2) is 0 Å². The van der Waals surface area contributed by atoms with Gasteiger partial charge in [0.2, 0.25) is 0 Å². The summed E-state index contributed by atoms with van der Waals surface area (Å²) in [7, 11) is 1.65. The van der Waals surface area contributed by atoms with E-state index >= 15 is 0 Å². The molecule has 78 valence electrons. The molecule has 0 spiro atoms. The van der Waals surface area contributed by atoms with Crippen LogP contribution in [0.5, 0.6) is 5.75 Å². The third-order valence-electron chi connectivity index (χ3n) is 2.32. The van der Waals surface area contributed by atoms with Crippen LogP contribution in [-0.2, 0) is 0 Å². The highest BCUT2D eigenvalue weighted by molar-refractivity contribution is 5.56. The second kappa shape index (κ2) is 3.69. The Bertz CT molecular complexity index is 474. The van der Waals surface area contributed by atoms with Crippen LogP contribution in [0.4, 0.5) is 5.69 Å². The molecule has 0 bridgehead atoms. The second-order valence-corrected chi connectivity index (χ2v) is 3.53. The molecule has 3 heteroatoms. The van der Waals surface area contributed by atoms with Crippen molar-refractivity contribution in [3.05, 3.63) is 42.2 Å². The number of aryl methyl sites for hydroxylation is 1. The van der Waals surface area contributed by atoms with Gasteiger partial charge in [0.05, 0.1) is 12.8 Å². The SMILES string of the molecule is COc1cc(N)ccc1-n1ccc(C)c1. The van der Waals surface area contributed by atoms with Crippen molar-refractivity contribution in [1.82, 2.24) is 4.57 Å². The van der Waals surface area contributed by atoms with Crippen LogP contribution < -0.4 is 10.5 Å². The lowest BCUT2D eigenvalue weighted by atomic mass is 10.2. The predicted molar refractivity (Wildman–Crippen MR) is 61.5 cm³/mol. The molecule has 1 heterocycles. The van der Waals surface area contributed by atoms with Gasteiger partial charge < -0.3 is 15.0 Å². The molecule has 2 aromatic rings. The molecule has 15 heavy (non-hydrogen) atoms. The fourth-order valence-electron chi connectivity index (χ4n) is 1.56. The van der Waals surface area contributed by atoms with Crippen LogP contribution in [0.1, 0.15) is 5.56 Å². The van der Waals surface area contributed by atoms with Crippen LogP contribution in [0.25, 0.3) is 5.69 Å². The maximum absolute atomic E-state index is 5.70. The lowest BCUT2D eigenvalue weighted by Crippen LogP contribution is -1.96. The van der Waals surface area contributed by atoms with Gasteiger partial charge in [-0.05, 0) is 30.7 Å². The monoisotopic (exact) mass is 202 g/mol. The Kier molecular flexibility index (Phi) is 2.37. The minimum atomic E-state index is 0.708. The molecule has 0 aliphatic carbocycles. The van der Waals surface area contributed by atoms with Crippen LogP contribution in [0, 0.1) is 6.92 Å². The minimum Gasteiger partial charge on any atom is -0.494 e. The largest absolute Gasteiger partial charge is 0.494 e. The highest BCUT2D eigenvalue weighted by atomic mass is 16.5. The number of rotatable bonds is 2. The molecule has 1 aromatic carbocycles. The summed E-state index contributed by atoms with van der Waals surface area (Å²) in [5, 5.41) is 0. The van der Waals surface area contributed by atoms with Gasteiger partial charge in [-0.3, -0.25) is 0 Å². The summed E-state index contributed by atoms with van der Waals surface area (Å²) >= 11 is 0. The molecule has 0 atom stereocenters. The summed E-state index contributed by atoms with van der Waals surface area (Å²) in [5.41, 5.74) is 8.62. The average Bonchev–Trinajstić information content (AvgIpc) is 2.64. The number of aromatic nitrogens is 1. The number of hydrogen-bond donors (Lipinski definition) is 1. The third-order valence-corrected chi connectivity index (χ3v) is 2.32. The van der Waals surface area contributed by atoms with Crippen LogP contribution in [0.2, 0.25) is 0 Å². The van der Waals surface area contributed by atoms with Crippen molar-refractivity contribution in [3.8, 4) is 11.4 Å². The number of ether oxygens (including phenoxy) is 1. The van der Waals surface area contributed by atoms with E-state index < -0.39 is 0 Å². The number of benzene rings is 1. The van der Waals surface area contributed by atoms with Gasteiger partial charge in [-0.2, -0.15) is 0 Å². The highest BCUT2D eigenvalue weighted by Gasteiger charge is 2.04. The van der Waals surface area contributed by atoms with Crippen molar-refractivity contribution in [3.63, 3.8) is 0 Å². The Morgan fingerprint density at radius 1 is 1.27 bits per heavy atom. The topological polar surface area (TPSA) is 40.2 Å². The van der Waals surface area contributed by atoms with Crippen molar-refractivity contribution in [2.75, 3.05) is 12.8 Å². The molecule has 0 unspecified atom stereocenters. The van der Waals surface area contributed by atoms with Gasteiger partial charge in [0.25, 0.3) is 0 Å². The molecule has 0 saturated heterocycles. The van der Waals surface area contributed by atoms with Crippen LogP contribution in [0.15, 0.2) is 36.7 Å². The van der Waals surface area contributed by atoms with Crippen molar-refractivity contribution in [2.45, 2.75) is 6.92 Å². The average molecular weight is 202 g/mol. The maximum atomic E-state index is 5.70. The Balaban J connectivity index is 2.52. The van der Waals surface area contributed by atoms with Gasteiger partial charge in [0, 0.05) is 24.1 Å². The lowest BCUT2D eigenvalue weighted by molar-refractivity contribution is 0.413. The standard InChI is InChI=1S/C12H14N2O/c1-9-5-6-14(8-9)11-4-3-10(13)7-12(11)15-2/h3-8H,13H2,1-2H3. The van der Waals surface area contributed by atoms with Crippen molar-refractivity contribution in [1.29, 1.82) is 0 Å². The van der Waals surface area contributed by atoms with Gasteiger partial charge in [-0.15, -0.1) is 0 Å². The first-order valence-corrected chi connectivity index (χ1v) is 4.79. The molecule has 2 rings (SSSR count). The number of hydrogen-bond acceptors (Lipinski definition) is 2. The number of nitrogen functional groups attached to an aromatic ring is 1. The summed E-state index contributed by atoms with van der Waals surface area (Å²) < 4.78 is 7.31. The maximum Gasteiger partial charge on any atom is 0.144 e. The van der Waals surface area contributed by atoms with Crippen molar-refractivity contribution in [2.24, 2.45) is 0 Å². The van der Waals surface area contributed by atoms with E-state index in [0.29, 0.717) is 5.69 Å². The van der Waals surface area contributed by atoms with E-state index in [2.05, 4.69) is 13.0 Å². The summed E-state index contributed by atoms with van der Waals surface area (Å²) in [6.07, 6.45) is 4.05. The van der Waals surface area contributed by atoms with Crippen molar-refractivity contribution < 1.29 is 4.74 Å². The molecular weight excluding hydrogens is 188 g/mol. The molecule has 0 amide bonds. The summed E-state index contributed by atoms with van der Waals surface area (Å²) in [4.78, 5) is 0. The zero-order chi connectivity index (χ0) is 10.8. The Labute approximate surface area is 89.1 Å². The molecule has 0 saturated carbocycles. The quantitative estimate of drug-likeness (QED) is 0.759. The molecular formula is C12H14N2O. The first-order chi connectivity index (χ1) is 7.20. The first kappa shape index (κ1) is 9.65. The summed E-state index contributed by atoms with van der Waals surface area (Å²) in [6, 6.07) is 7.70. The molecule has 2 N–H and O–H groups in total. The zero-order valence-electron chi connectivity index (χ0n) is 8.90. The minimum absolute atomic E-state index is 0.708. The van der Waals surface area contributed by atoms with Crippen LogP contribution in [0.3, 0.4) is 0 Å².